The number of rotatable bonds is 6. The first-order valence-corrected chi connectivity index (χ1v) is 7.26. The molecule has 0 heterocycles. The standard InChI is InChI=1S/C16H23NO/c1-12(18)15-4-2-3-5-16(15)17(10-13-6-7-13)11-14-8-9-14/h2-5,12-14,18H,6-11H2,1H3. The van der Waals surface area contributed by atoms with Crippen molar-refractivity contribution in [1.29, 1.82) is 0 Å². The molecule has 0 spiro atoms. The first-order valence-electron chi connectivity index (χ1n) is 7.26. The quantitative estimate of drug-likeness (QED) is 0.830. The fourth-order valence-corrected chi connectivity index (χ4v) is 2.62. The Morgan fingerprint density at radius 2 is 1.67 bits per heavy atom. The molecule has 2 heteroatoms. The molecule has 1 atom stereocenters. The minimum atomic E-state index is -0.373. The van der Waals surface area contributed by atoms with Crippen LogP contribution in [0, 0.1) is 11.8 Å². The van der Waals surface area contributed by atoms with E-state index in [0.29, 0.717) is 0 Å². The Morgan fingerprint density at radius 3 is 2.17 bits per heavy atom. The number of hydrogen-bond donors (Lipinski definition) is 1. The molecule has 2 saturated carbocycles. The summed E-state index contributed by atoms with van der Waals surface area (Å²) in [6, 6.07) is 8.35. The first kappa shape index (κ1) is 12.0. The SMILES string of the molecule is CC(O)c1ccccc1N(CC1CC1)CC1CC1. The minimum absolute atomic E-state index is 0.373. The molecule has 2 aliphatic carbocycles. The number of hydrogen-bond acceptors (Lipinski definition) is 2. The maximum Gasteiger partial charge on any atom is 0.0781 e. The zero-order valence-electron chi connectivity index (χ0n) is 11.2. The molecule has 0 amide bonds. The van der Waals surface area contributed by atoms with Crippen LogP contribution in [0.5, 0.6) is 0 Å². The number of para-hydroxylation sites is 1. The summed E-state index contributed by atoms with van der Waals surface area (Å²) in [6.07, 6.45) is 5.17. The van der Waals surface area contributed by atoms with E-state index in [4.69, 9.17) is 0 Å². The maximum atomic E-state index is 9.93. The zero-order chi connectivity index (χ0) is 12.5. The van der Waals surface area contributed by atoms with Crippen LogP contribution in [0.1, 0.15) is 44.3 Å². The first-order chi connectivity index (χ1) is 8.74. The molecule has 1 aromatic carbocycles. The smallest absolute Gasteiger partial charge is 0.0781 e. The van der Waals surface area contributed by atoms with Crippen LogP contribution in [0.15, 0.2) is 24.3 Å². The van der Waals surface area contributed by atoms with E-state index in [9.17, 15) is 5.11 Å². The lowest BCUT2D eigenvalue weighted by Crippen LogP contribution is -2.29. The largest absolute Gasteiger partial charge is 0.389 e. The van der Waals surface area contributed by atoms with Crippen LogP contribution < -0.4 is 4.90 Å². The van der Waals surface area contributed by atoms with Crippen LogP contribution in [0.4, 0.5) is 5.69 Å². The molecule has 1 N–H and O–H groups in total. The van der Waals surface area contributed by atoms with Crippen LogP contribution >= 0.6 is 0 Å². The Labute approximate surface area is 110 Å². The molecule has 0 aliphatic heterocycles. The lowest BCUT2D eigenvalue weighted by Gasteiger charge is -2.28. The summed E-state index contributed by atoms with van der Waals surface area (Å²) in [5.74, 6) is 1.79. The van der Waals surface area contributed by atoms with E-state index in [0.717, 1.165) is 17.4 Å². The van der Waals surface area contributed by atoms with Crippen molar-refractivity contribution in [2.45, 2.75) is 38.7 Å². The molecule has 0 saturated heterocycles. The van der Waals surface area contributed by atoms with E-state index >= 15 is 0 Å². The summed E-state index contributed by atoms with van der Waals surface area (Å²) in [5, 5.41) is 9.93. The molecule has 2 nitrogen and oxygen atoms in total. The molecular formula is C16H23NO. The predicted molar refractivity (Wildman–Crippen MR) is 74.7 cm³/mol. The predicted octanol–water partition coefficient (Wildman–Crippen LogP) is 3.37. The molecule has 98 valence electrons. The van der Waals surface area contributed by atoms with Gasteiger partial charge in [-0.2, -0.15) is 0 Å². The fraction of sp³-hybridized carbons (Fsp3) is 0.625. The minimum Gasteiger partial charge on any atom is -0.389 e. The van der Waals surface area contributed by atoms with Gasteiger partial charge in [0, 0.05) is 24.3 Å². The third kappa shape index (κ3) is 2.86. The Bertz CT molecular complexity index is 393. The average Bonchev–Trinajstić information content (AvgIpc) is 3.23. The summed E-state index contributed by atoms with van der Waals surface area (Å²) >= 11 is 0. The number of anilines is 1. The van der Waals surface area contributed by atoms with Crippen molar-refractivity contribution in [2.24, 2.45) is 11.8 Å². The van der Waals surface area contributed by atoms with Gasteiger partial charge in [-0.15, -0.1) is 0 Å². The molecule has 2 fully saturated rings. The number of aliphatic hydroxyl groups excluding tert-OH is 1. The molecule has 0 radical (unpaired) electrons. The van der Waals surface area contributed by atoms with E-state index in [1.807, 2.05) is 13.0 Å². The Morgan fingerprint density at radius 1 is 1.11 bits per heavy atom. The zero-order valence-corrected chi connectivity index (χ0v) is 11.2. The third-order valence-electron chi connectivity index (χ3n) is 4.08. The molecule has 1 unspecified atom stereocenters. The normalized spacial score (nSPS) is 20.8. The van der Waals surface area contributed by atoms with Crippen molar-refractivity contribution in [1.82, 2.24) is 0 Å². The highest BCUT2D eigenvalue weighted by atomic mass is 16.3. The van der Waals surface area contributed by atoms with Crippen LogP contribution in [0.25, 0.3) is 0 Å². The Balaban J connectivity index is 1.82. The highest BCUT2D eigenvalue weighted by Gasteiger charge is 2.30. The van der Waals surface area contributed by atoms with Gasteiger partial charge in [-0.05, 0) is 50.5 Å². The Kier molecular flexibility index (Phi) is 3.29. The second-order valence-electron chi connectivity index (χ2n) is 6.03. The van der Waals surface area contributed by atoms with Crippen molar-refractivity contribution < 1.29 is 5.11 Å². The second kappa shape index (κ2) is 4.93. The van der Waals surface area contributed by atoms with E-state index in [1.54, 1.807) is 0 Å². The third-order valence-corrected chi connectivity index (χ3v) is 4.08. The van der Waals surface area contributed by atoms with Crippen molar-refractivity contribution in [3.63, 3.8) is 0 Å². The molecule has 18 heavy (non-hydrogen) atoms. The highest BCUT2D eigenvalue weighted by molar-refractivity contribution is 5.55. The number of nitrogens with zero attached hydrogens (tertiary/aromatic N) is 1. The van der Waals surface area contributed by atoms with Gasteiger partial charge in [0.2, 0.25) is 0 Å². The molecule has 3 rings (SSSR count). The summed E-state index contributed by atoms with van der Waals surface area (Å²) < 4.78 is 0. The van der Waals surface area contributed by atoms with Gasteiger partial charge in [0.15, 0.2) is 0 Å². The van der Waals surface area contributed by atoms with Gasteiger partial charge in [0.1, 0.15) is 0 Å². The molecule has 2 aliphatic rings. The van der Waals surface area contributed by atoms with Crippen molar-refractivity contribution in [2.75, 3.05) is 18.0 Å². The lowest BCUT2D eigenvalue weighted by molar-refractivity contribution is 0.199. The lowest BCUT2D eigenvalue weighted by atomic mass is 10.1. The molecule has 0 aromatic heterocycles. The van der Waals surface area contributed by atoms with Gasteiger partial charge in [-0.25, -0.2) is 0 Å². The Hall–Kier alpha value is -1.02. The summed E-state index contributed by atoms with van der Waals surface area (Å²) in [6.45, 7) is 4.23. The van der Waals surface area contributed by atoms with E-state index in [2.05, 4.69) is 23.1 Å². The second-order valence-corrected chi connectivity index (χ2v) is 6.03. The highest BCUT2D eigenvalue weighted by Crippen LogP contribution is 2.37. The van der Waals surface area contributed by atoms with Crippen LogP contribution in [-0.2, 0) is 0 Å². The average molecular weight is 245 g/mol. The van der Waals surface area contributed by atoms with Crippen LogP contribution in [0.2, 0.25) is 0 Å². The van der Waals surface area contributed by atoms with Gasteiger partial charge in [0.05, 0.1) is 6.10 Å². The van der Waals surface area contributed by atoms with Crippen molar-refractivity contribution >= 4 is 5.69 Å². The van der Waals surface area contributed by atoms with E-state index in [1.165, 1.54) is 44.5 Å². The summed E-state index contributed by atoms with van der Waals surface area (Å²) in [5.41, 5.74) is 2.34. The summed E-state index contributed by atoms with van der Waals surface area (Å²) in [7, 11) is 0. The van der Waals surface area contributed by atoms with Gasteiger partial charge >= 0.3 is 0 Å². The van der Waals surface area contributed by atoms with Crippen LogP contribution in [0.3, 0.4) is 0 Å². The van der Waals surface area contributed by atoms with Crippen LogP contribution in [-0.4, -0.2) is 18.2 Å². The van der Waals surface area contributed by atoms with Gasteiger partial charge < -0.3 is 10.0 Å². The van der Waals surface area contributed by atoms with Gasteiger partial charge in [-0.3, -0.25) is 0 Å². The monoisotopic (exact) mass is 245 g/mol. The van der Waals surface area contributed by atoms with Gasteiger partial charge in [-0.1, -0.05) is 18.2 Å². The van der Waals surface area contributed by atoms with Crippen molar-refractivity contribution in [3.05, 3.63) is 29.8 Å². The van der Waals surface area contributed by atoms with E-state index < -0.39 is 0 Å². The summed E-state index contributed by atoms with van der Waals surface area (Å²) in [4.78, 5) is 2.53. The molecular weight excluding hydrogens is 222 g/mol. The van der Waals surface area contributed by atoms with Gasteiger partial charge in [0.25, 0.3) is 0 Å². The number of aliphatic hydroxyl groups is 1. The maximum absolute atomic E-state index is 9.93. The topological polar surface area (TPSA) is 23.5 Å². The number of benzene rings is 1. The molecule has 0 bridgehead atoms. The fourth-order valence-electron chi connectivity index (χ4n) is 2.62. The molecule has 1 aromatic rings. The van der Waals surface area contributed by atoms with E-state index in [-0.39, 0.29) is 6.10 Å². The van der Waals surface area contributed by atoms with Crippen molar-refractivity contribution in [3.8, 4) is 0 Å².